The summed E-state index contributed by atoms with van der Waals surface area (Å²) in [5.74, 6) is 0. The lowest BCUT2D eigenvalue weighted by Crippen LogP contribution is -2.12. The summed E-state index contributed by atoms with van der Waals surface area (Å²) in [6, 6.07) is 63.1. The average Bonchev–Trinajstić information content (AvgIpc) is 3.27. The van der Waals surface area contributed by atoms with Gasteiger partial charge in [-0.25, -0.2) is 4.85 Å². The minimum absolute atomic E-state index is 0.605. The fraction of sp³-hybridized carbons (Fsp3) is 0.107. The van der Waals surface area contributed by atoms with Gasteiger partial charge in [-0.2, -0.15) is 5.26 Å². The molecule has 0 fully saturated rings. The molecule has 0 aromatic heterocycles. The molecule has 0 aliphatic heterocycles. The SMILES string of the molecule is [C-]#[N+]c1ccc2c(c1)Cc1cc(N(c3ccc(C)cc3)c3ccc(C)cc3)ccc1-c1ccc(N(c3ccc(C)cc3)c3ccc(C)cc3)cc1Cc1cc(C#N)ccc1-2. The van der Waals surface area contributed by atoms with E-state index in [9.17, 15) is 5.26 Å². The van der Waals surface area contributed by atoms with Crippen LogP contribution in [-0.2, 0) is 12.8 Å². The fourth-order valence-electron chi connectivity index (χ4n) is 8.47. The van der Waals surface area contributed by atoms with E-state index in [4.69, 9.17) is 6.57 Å². The van der Waals surface area contributed by atoms with Crippen LogP contribution in [0.25, 0.3) is 27.1 Å². The fourth-order valence-corrected chi connectivity index (χ4v) is 8.47. The third-order valence-electron chi connectivity index (χ3n) is 11.7. The summed E-state index contributed by atoms with van der Waals surface area (Å²) in [5.41, 5.74) is 21.4. The van der Waals surface area contributed by atoms with E-state index in [1.165, 1.54) is 27.8 Å². The molecule has 0 amide bonds. The van der Waals surface area contributed by atoms with Crippen LogP contribution in [0.2, 0.25) is 0 Å². The second kappa shape index (κ2) is 15.9. The lowest BCUT2D eigenvalue weighted by Gasteiger charge is -2.29. The third-order valence-corrected chi connectivity index (χ3v) is 11.7. The van der Waals surface area contributed by atoms with Crippen molar-refractivity contribution < 1.29 is 0 Å². The van der Waals surface area contributed by atoms with Gasteiger partial charge >= 0.3 is 0 Å². The summed E-state index contributed by atoms with van der Waals surface area (Å²) in [6.45, 7) is 16.4. The minimum Gasteiger partial charge on any atom is -0.310 e. The van der Waals surface area contributed by atoms with Crippen molar-refractivity contribution in [3.05, 3.63) is 231 Å². The van der Waals surface area contributed by atoms with Crippen LogP contribution >= 0.6 is 0 Å². The van der Waals surface area contributed by atoms with Gasteiger partial charge in [-0.05, 0) is 170 Å². The highest BCUT2D eigenvalue weighted by Crippen LogP contribution is 2.44. The van der Waals surface area contributed by atoms with Crippen LogP contribution in [0.3, 0.4) is 0 Å². The Bertz CT molecular complexity index is 2670. The summed E-state index contributed by atoms with van der Waals surface area (Å²) in [6.07, 6.45) is 1.21. The predicted molar refractivity (Wildman–Crippen MR) is 249 cm³/mol. The Labute approximate surface area is 353 Å². The maximum absolute atomic E-state index is 10.1. The smallest absolute Gasteiger partial charge is 0.187 e. The molecule has 0 heterocycles. The first kappa shape index (κ1) is 37.9. The normalized spacial score (nSPS) is 11.5. The molecule has 0 atom stereocenters. The van der Waals surface area contributed by atoms with Gasteiger partial charge in [0.15, 0.2) is 5.69 Å². The van der Waals surface area contributed by atoms with Crippen molar-refractivity contribution in [1.29, 1.82) is 5.26 Å². The van der Waals surface area contributed by atoms with Gasteiger partial charge in [0, 0.05) is 34.1 Å². The molecule has 0 bridgehead atoms. The highest BCUT2D eigenvalue weighted by molar-refractivity contribution is 5.86. The molecular weight excluding hydrogens is 729 g/mol. The van der Waals surface area contributed by atoms with E-state index in [-0.39, 0.29) is 0 Å². The van der Waals surface area contributed by atoms with Crippen molar-refractivity contribution >= 4 is 39.8 Å². The van der Waals surface area contributed by atoms with Crippen LogP contribution in [0, 0.1) is 45.6 Å². The molecule has 9 rings (SSSR count). The van der Waals surface area contributed by atoms with Crippen molar-refractivity contribution in [2.45, 2.75) is 40.5 Å². The van der Waals surface area contributed by atoms with Gasteiger partial charge < -0.3 is 9.80 Å². The maximum atomic E-state index is 10.1. The number of benzene rings is 8. The molecule has 0 unspecified atom stereocenters. The van der Waals surface area contributed by atoms with E-state index in [1.807, 2.05) is 24.3 Å². The Morgan fingerprint density at radius 2 is 0.717 bits per heavy atom. The van der Waals surface area contributed by atoms with Crippen LogP contribution in [0.4, 0.5) is 39.8 Å². The second-order valence-electron chi connectivity index (χ2n) is 16.0. The molecule has 0 saturated heterocycles. The summed E-state index contributed by atoms with van der Waals surface area (Å²) in [7, 11) is 0. The zero-order valence-electron chi connectivity index (χ0n) is 34.4. The zero-order valence-corrected chi connectivity index (χ0v) is 34.4. The van der Waals surface area contributed by atoms with Crippen LogP contribution in [-0.4, -0.2) is 0 Å². The number of anilines is 6. The van der Waals surface area contributed by atoms with E-state index in [1.54, 1.807) is 0 Å². The topological polar surface area (TPSA) is 34.6 Å². The van der Waals surface area contributed by atoms with Crippen LogP contribution in [0.15, 0.2) is 170 Å². The van der Waals surface area contributed by atoms with E-state index >= 15 is 0 Å². The molecule has 0 saturated carbocycles. The number of aryl methyl sites for hydroxylation is 4. The van der Waals surface area contributed by atoms with Gasteiger partial charge in [-0.15, -0.1) is 0 Å². The maximum Gasteiger partial charge on any atom is 0.187 e. The molecule has 60 heavy (non-hydrogen) atoms. The van der Waals surface area contributed by atoms with E-state index in [2.05, 4.69) is 194 Å². The Morgan fingerprint density at radius 1 is 0.400 bits per heavy atom. The number of hydrogen-bond donors (Lipinski definition) is 0. The molecule has 4 heteroatoms. The molecule has 0 spiro atoms. The van der Waals surface area contributed by atoms with Crippen molar-refractivity contribution in [2.75, 3.05) is 9.80 Å². The van der Waals surface area contributed by atoms with Crippen LogP contribution in [0.5, 0.6) is 0 Å². The van der Waals surface area contributed by atoms with E-state index in [0.29, 0.717) is 24.1 Å². The molecule has 0 N–H and O–H groups in total. The number of hydrogen-bond acceptors (Lipinski definition) is 3. The number of nitrogens with zero attached hydrogens (tertiary/aromatic N) is 4. The quantitative estimate of drug-likeness (QED) is 0.158. The number of nitriles is 1. The van der Waals surface area contributed by atoms with Crippen molar-refractivity contribution in [1.82, 2.24) is 0 Å². The summed E-state index contributed by atoms with van der Waals surface area (Å²) >= 11 is 0. The highest BCUT2D eigenvalue weighted by atomic mass is 15.1. The minimum atomic E-state index is 0.605. The van der Waals surface area contributed by atoms with Gasteiger partial charge in [0.05, 0.1) is 18.2 Å². The first-order chi connectivity index (χ1) is 29.2. The second-order valence-corrected chi connectivity index (χ2v) is 16.0. The van der Waals surface area contributed by atoms with Crippen molar-refractivity contribution in [3.8, 4) is 28.3 Å². The van der Waals surface area contributed by atoms with Crippen molar-refractivity contribution in [2.24, 2.45) is 0 Å². The summed E-state index contributed by atoms with van der Waals surface area (Å²) in [4.78, 5) is 8.53. The number of fused-ring (bicyclic) bond motifs is 6. The molecule has 8 aromatic rings. The van der Waals surface area contributed by atoms with Crippen LogP contribution in [0.1, 0.15) is 50.1 Å². The first-order valence-electron chi connectivity index (χ1n) is 20.4. The lowest BCUT2D eigenvalue weighted by molar-refractivity contribution is 1.14. The van der Waals surface area contributed by atoms with Gasteiger partial charge in [0.25, 0.3) is 0 Å². The molecule has 1 aliphatic carbocycles. The van der Waals surface area contributed by atoms with Gasteiger partial charge in [-0.3, -0.25) is 0 Å². The molecule has 288 valence electrons. The first-order valence-corrected chi connectivity index (χ1v) is 20.4. The summed E-state index contributed by atoms with van der Waals surface area (Å²) < 4.78 is 0. The molecule has 8 aromatic carbocycles. The molecule has 1 aliphatic rings. The molecule has 0 radical (unpaired) electrons. The van der Waals surface area contributed by atoms with Crippen LogP contribution < -0.4 is 9.80 Å². The Balaban J connectivity index is 1.29. The van der Waals surface area contributed by atoms with E-state index in [0.717, 1.165) is 73.1 Å². The predicted octanol–water partition coefficient (Wildman–Crippen LogP) is 15.1. The lowest BCUT2D eigenvalue weighted by atomic mass is 9.83. The molecule has 4 nitrogen and oxygen atoms in total. The van der Waals surface area contributed by atoms with E-state index < -0.39 is 0 Å². The Morgan fingerprint density at radius 3 is 1.08 bits per heavy atom. The largest absolute Gasteiger partial charge is 0.310 e. The third kappa shape index (κ3) is 7.44. The average molecular weight is 773 g/mol. The summed E-state index contributed by atoms with van der Waals surface area (Å²) in [5, 5.41) is 10.1. The highest BCUT2D eigenvalue weighted by Gasteiger charge is 2.23. The Hall–Kier alpha value is -7.66. The number of rotatable bonds is 6. The molecular formula is C56H44N4. The standard InChI is InChI=1S/C56H44N4/c1-37-6-16-47(17-7-37)59(48-18-8-38(2)9-19-48)51-24-28-55-44(34-51)31-42-30-41(36-57)14-26-53(42)54-27-15-46(58-5)33-43(54)32-45-35-52(25-29-56(45)55)60(49-20-10-39(3)11-21-49)50-22-12-40(4)13-23-50/h6-30,33-35H,31-32H2,1-4H3. The van der Waals surface area contributed by atoms with Gasteiger partial charge in [0.1, 0.15) is 0 Å². The zero-order chi connectivity index (χ0) is 41.3. The Kier molecular flexibility index (Phi) is 10.1. The van der Waals surface area contributed by atoms with Crippen molar-refractivity contribution in [3.63, 3.8) is 0 Å². The van der Waals surface area contributed by atoms with Gasteiger partial charge in [-0.1, -0.05) is 107 Å². The van der Waals surface area contributed by atoms with Gasteiger partial charge in [0.2, 0.25) is 0 Å². The monoisotopic (exact) mass is 772 g/mol.